The molecule has 2 aromatic rings. The molecule has 1 aromatic heterocycles. The number of hydrogen-bond acceptors (Lipinski definition) is 1. The molecule has 0 saturated heterocycles. The SMILES string of the molecule is CCc1ccc(-c2ccc(CF)cn2)cc1. The first-order chi connectivity index (χ1) is 7.83. The van der Waals surface area contributed by atoms with Gasteiger partial charge in [0.05, 0.1) is 5.69 Å². The van der Waals surface area contributed by atoms with E-state index in [1.165, 1.54) is 5.56 Å². The van der Waals surface area contributed by atoms with Gasteiger partial charge in [-0.15, -0.1) is 0 Å². The van der Waals surface area contributed by atoms with Gasteiger partial charge in [-0.3, -0.25) is 4.98 Å². The minimum atomic E-state index is -0.456. The molecule has 0 fully saturated rings. The van der Waals surface area contributed by atoms with Crippen LogP contribution in [0.4, 0.5) is 4.39 Å². The van der Waals surface area contributed by atoms with E-state index < -0.39 is 6.67 Å². The van der Waals surface area contributed by atoms with Crippen LogP contribution in [0.2, 0.25) is 0 Å². The van der Waals surface area contributed by atoms with Gasteiger partial charge in [0.1, 0.15) is 6.67 Å². The Bertz CT molecular complexity index is 400. The lowest BCUT2D eigenvalue weighted by molar-refractivity contribution is 0.484. The zero-order chi connectivity index (χ0) is 11.4. The smallest absolute Gasteiger partial charge is 0.116 e. The van der Waals surface area contributed by atoms with Crippen LogP contribution in [-0.4, -0.2) is 4.98 Å². The van der Waals surface area contributed by atoms with Crippen molar-refractivity contribution < 1.29 is 4.39 Å². The van der Waals surface area contributed by atoms with Crippen molar-refractivity contribution in [2.45, 2.75) is 20.0 Å². The number of halogens is 1. The van der Waals surface area contributed by atoms with Gasteiger partial charge in [-0.25, -0.2) is 4.39 Å². The van der Waals surface area contributed by atoms with Crippen LogP contribution < -0.4 is 0 Å². The molecule has 0 unspecified atom stereocenters. The highest BCUT2D eigenvalue weighted by molar-refractivity contribution is 5.59. The molecule has 16 heavy (non-hydrogen) atoms. The molecule has 1 nitrogen and oxygen atoms in total. The minimum Gasteiger partial charge on any atom is -0.256 e. The summed E-state index contributed by atoms with van der Waals surface area (Å²) < 4.78 is 12.3. The van der Waals surface area contributed by atoms with E-state index >= 15 is 0 Å². The van der Waals surface area contributed by atoms with Crippen LogP contribution in [0, 0.1) is 0 Å². The summed E-state index contributed by atoms with van der Waals surface area (Å²) in [6, 6.07) is 11.9. The zero-order valence-corrected chi connectivity index (χ0v) is 9.28. The number of pyridine rings is 1. The van der Waals surface area contributed by atoms with Crippen molar-refractivity contribution in [2.75, 3.05) is 0 Å². The summed E-state index contributed by atoms with van der Waals surface area (Å²) in [4.78, 5) is 4.24. The third kappa shape index (κ3) is 2.27. The van der Waals surface area contributed by atoms with E-state index in [0.717, 1.165) is 17.7 Å². The molecule has 0 aliphatic heterocycles. The molecule has 1 aromatic carbocycles. The fourth-order valence-electron chi connectivity index (χ4n) is 1.59. The van der Waals surface area contributed by atoms with Gasteiger partial charge in [0.2, 0.25) is 0 Å². The third-order valence-corrected chi connectivity index (χ3v) is 2.64. The molecule has 0 radical (unpaired) electrons. The highest BCUT2D eigenvalue weighted by Crippen LogP contribution is 2.18. The largest absolute Gasteiger partial charge is 0.256 e. The van der Waals surface area contributed by atoms with Gasteiger partial charge in [0.15, 0.2) is 0 Å². The Hall–Kier alpha value is -1.70. The van der Waals surface area contributed by atoms with Crippen LogP contribution in [-0.2, 0) is 13.1 Å². The number of hydrogen-bond donors (Lipinski definition) is 0. The monoisotopic (exact) mass is 215 g/mol. The zero-order valence-electron chi connectivity index (χ0n) is 9.28. The van der Waals surface area contributed by atoms with Gasteiger partial charge in [-0.05, 0) is 18.1 Å². The Balaban J connectivity index is 2.28. The average molecular weight is 215 g/mol. The van der Waals surface area contributed by atoms with Crippen LogP contribution in [0.1, 0.15) is 18.1 Å². The van der Waals surface area contributed by atoms with Crippen molar-refractivity contribution in [3.63, 3.8) is 0 Å². The first-order valence-electron chi connectivity index (χ1n) is 5.43. The van der Waals surface area contributed by atoms with Gasteiger partial charge in [-0.2, -0.15) is 0 Å². The Morgan fingerprint density at radius 3 is 2.19 bits per heavy atom. The van der Waals surface area contributed by atoms with E-state index in [-0.39, 0.29) is 0 Å². The van der Waals surface area contributed by atoms with Crippen LogP contribution in [0.5, 0.6) is 0 Å². The van der Waals surface area contributed by atoms with E-state index in [2.05, 4.69) is 36.2 Å². The van der Waals surface area contributed by atoms with Crippen molar-refractivity contribution >= 4 is 0 Å². The number of alkyl halides is 1. The molecule has 0 amide bonds. The Kier molecular flexibility index (Phi) is 3.30. The fourth-order valence-corrected chi connectivity index (χ4v) is 1.59. The van der Waals surface area contributed by atoms with E-state index in [4.69, 9.17) is 0 Å². The van der Waals surface area contributed by atoms with Crippen LogP contribution in [0.25, 0.3) is 11.3 Å². The minimum absolute atomic E-state index is 0.456. The summed E-state index contributed by atoms with van der Waals surface area (Å²) in [5.41, 5.74) is 3.89. The lowest BCUT2D eigenvalue weighted by Gasteiger charge is -2.02. The summed E-state index contributed by atoms with van der Waals surface area (Å²) in [7, 11) is 0. The highest BCUT2D eigenvalue weighted by Gasteiger charge is 1.99. The van der Waals surface area contributed by atoms with Crippen molar-refractivity contribution in [1.82, 2.24) is 4.98 Å². The maximum atomic E-state index is 12.3. The van der Waals surface area contributed by atoms with Gasteiger partial charge < -0.3 is 0 Å². The fraction of sp³-hybridized carbons (Fsp3) is 0.214. The quantitative estimate of drug-likeness (QED) is 0.759. The normalized spacial score (nSPS) is 10.4. The van der Waals surface area contributed by atoms with E-state index in [1.54, 1.807) is 12.3 Å². The Labute approximate surface area is 95.0 Å². The second-order valence-electron chi connectivity index (χ2n) is 3.74. The molecule has 0 saturated carbocycles. The Morgan fingerprint density at radius 1 is 1.00 bits per heavy atom. The second-order valence-corrected chi connectivity index (χ2v) is 3.74. The van der Waals surface area contributed by atoms with Gasteiger partial charge >= 0.3 is 0 Å². The average Bonchev–Trinajstić information content (AvgIpc) is 2.39. The van der Waals surface area contributed by atoms with Gasteiger partial charge in [-0.1, -0.05) is 37.3 Å². The van der Waals surface area contributed by atoms with Crippen LogP contribution in [0.15, 0.2) is 42.6 Å². The first-order valence-corrected chi connectivity index (χ1v) is 5.43. The summed E-state index contributed by atoms with van der Waals surface area (Å²) >= 11 is 0. The molecular weight excluding hydrogens is 201 g/mol. The van der Waals surface area contributed by atoms with Crippen LogP contribution >= 0.6 is 0 Å². The first kappa shape index (κ1) is 10.8. The molecule has 0 atom stereocenters. The second kappa shape index (κ2) is 4.88. The third-order valence-electron chi connectivity index (χ3n) is 2.64. The van der Waals surface area contributed by atoms with E-state index in [0.29, 0.717) is 5.56 Å². The molecule has 0 bridgehead atoms. The molecule has 0 aliphatic rings. The van der Waals surface area contributed by atoms with Gasteiger partial charge in [0, 0.05) is 17.3 Å². The van der Waals surface area contributed by atoms with E-state index in [1.807, 2.05) is 6.07 Å². The molecular formula is C14H14FN. The summed E-state index contributed by atoms with van der Waals surface area (Å²) in [5.74, 6) is 0. The maximum absolute atomic E-state index is 12.3. The number of aromatic nitrogens is 1. The number of rotatable bonds is 3. The van der Waals surface area contributed by atoms with Crippen molar-refractivity contribution in [1.29, 1.82) is 0 Å². The number of aryl methyl sites for hydroxylation is 1. The lowest BCUT2D eigenvalue weighted by atomic mass is 10.1. The molecule has 2 heteroatoms. The molecule has 2 rings (SSSR count). The Morgan fingerprint density at radius 2 is 1.69 bits per heavy atom. The molecule has 0 spiro atoms. The van der Waals surface area contributed by atoms with Gasteiger partial charge in [0.25, 0.3) is 0 Å². The standard InChI is InChI=1S/C14H14FN/c1-2-11-3-6-13(7-4-11)14-8-5-12(9-15)10-16-14/h3-8,10H,2,9H2,1H3. The van der Waals surface area contributed by atoms with Crippen molar-refractivity contribution in [3.05, 3.63) is 53.7 Å². The lowest BCUT2D eigenvalue weighted by Crippen LogP contribution is -1.87. The molecule has 82 valence electrons. The number of benzene rings is 1. The predicted molar refractivity (Wildman–Crippen MR) is 63.9 cm³/mol. The summed E-state index contributed by atoms with van der Waals surface area (Å²) in [6.07, 6.45) is 2.62. The summed E-state index contributed by atoms with van der Waals surface area (Å²) in [6.45, 7) is 1.67. The maximum Gasteiger partial charge on any atom is 0.116 e. The van der Waals surface area contributed by atoms with E-state index in [9.17, 15) is 4.39 Å². The predicted octanol–water partition coefficient (Wildman–Crippen LogP) is 3.78. The topological polar surface area (TPSA) is 12.9 Å². The van der Waals surface area contributed by atoms with Crippen molar-refractivity contribution in [2.24, 2.45) is 0 Å². The number of nitrogens with zero attached hydrogens (tertiary/aromatic N) is 1. The molecule has 0 aliphatic carbocycles. The molecule has 1 heterocycles. The molecule has 0 N–H and O–H groups in total. The summed E-state index contributed by atoms with van der Waals surface area (Å²) in [5, 5.41) is 0. The van der Waals surface area contributed by atoms with Crippen molar-refractivity contribution in [3.8, 4) is 11.3 Å². The van der Waals surface area contributed by atoms with Crippen LogP contribution in [0.3, 0.4) is 0 Å². The highest BCUT2D eigenvalue weighted by atomic mass is 19.1.